The number of amides is 1. The van der Waals surface area contributed by atoms with Gasteiger partial charge in [-0.1, -0.05) is 38.1 Å². The van der Waals surface area contributed by atoms with Gasteiger partial charge in [0.05, 0.1) is 0 Å². The minimum Gasteiger partial charge on any atom is -0.349 e. The molecule has 0 fully saturated rings. The molecule has 0 N–H and O–H groups in total. The molecule has 1 aromatic rings. The van der Waals surface area contributed by atoms with Crippen molar-refractivity contribution in [1.29, 1.82) is 0 Å². The molecule has 0 aromatic heterocycles. The smallest absolute Gasteiger partial charge is 0.222 e. The van der Waals surface area contributed by atoms with Gasteiger partial charge in [0.1, 0.15) is 0 Å². The van der Waals surface area contributed by atoms with Crippen LogP contribution in [-0.4, -0.2) is 30.7 Å². The van der Waals surface area contributed by atoms with Gasteiger partial charge in [0.2, 0.25) is 5.91 Å². The number of benzene rings is 1. The molecule has 0 bridgehead atoms. The van der Waals surface area contributed by atoms with Crippen molar-refractivity contribution < 1.29 is 9.59 Å². The topological polar surface area (TPSA) is 37.4 Å². The molecular weight excluding hydrogens is 226 g/mol. The highest BCUT2D eigenvalue weighted by atomic mass is 16.2. The number of hydrogen-bond donors (Lipinski definition) is 0. The third-order valence-electron chi connectivity index (χ3n) is 2.96. The van der Waals surface area contributed by atoms with Gasteiger partial charge in [-0.2, -0.15) is 0 Å². The number of hydrogen-bond acceptors (Lipinski definition) is 2. The van der Waals surface area contributed by atoms with E-state index in [0.29, 0.717) is 11.5 Å². The Hall–Kier alpha value is -1.64. The first kappa shape index (κ1) is 14.4. The summed E-state index contributed by atoms with van der Waals surface area (Å²) in [5, 5.41) is 0. The second-order valence-electron chi connectivity index (χ2n) is 4.99. The fourth-order valence-corrected chi connectivity index (χ4v) is 1.64. The van der Waals surface area contributed by atoms with Crippen LogP contribution in [0.5, 0.6) is 0 Å². The third kappa shape index (κ3) is 3.99. The lowest BCUT2D eigenvalue weighted by atomic mass is 9.99. The number of nitrogens with zero attached hydrogens (tertiary/aromatic N) is 1. The summed E-state index contributed by atoms with van der Waals surface area (Å²) in [5.41, 5.74) is 1.90. The van der Waals surface area contributed by atoms with Gasteiger partial charge in [-0.25, -0.2) is 0 Å². The largest absolute Gasteiger partial charge is 0.349 e. The van der Waals surface area contributed by atoms with E-state index >= 15 is 0 Å². The van der Waals surface area contributed by atoms with Gasteiger partial charge in [-0.3, -0.25) is 9.59 Å². The molecule has 0 heterocycles. The van der Waals surface area contributed by atoms with Crippen molar-refractivity contribution in [3.63, 3.8) is 0 Å². The lowest BCUT2D eigenvalue weighted by molar-refractivity contribution is -0.128. The van der Waals surface area contributed by atoms with Crippen LogP contribution in [0, 0.1) is 0 Å². The van der Waals surface area contributed by atoms with E-state index < -0.39 is 0 Å². The molecule has 0 saturated heterocycles. The van der Waals surface area contributed by atoms with E-state index in [-0.39, 0.29) is 24.5 Å². The van der Waals surface area contributed by atoms with Gasteiger partial charge in [-0.05, 0) is 11.5 Å². The molecule has 18 heavy (non-hydrogen) atoms. The van der Waals surface area contributed by atoms with Crippen LogP contribution in [0.2, 0.25) is 0 Å². The van der Waals surface area contributed by atoms with Gasteiger partial charge in [0.25, 0.3) is 0 Å². The maximum absolute atomic E-state index is 11.9. The molecule has 0 atom stereocenters. The Morgan fingerprint density at radius 1 is 1.06 bits per heavy atom. The summed E-state index contributed by atoms with van der Waals surface area (Å²) in [6, 6.07) is 7.65. The molecular formula is C15H21NO2. The van der Waals surface area contributed by atoms with Crippen LogP contribution in [0.4, 0.5) is 0 Å². The van der Waals surface area contributed by atoms with Gasteiger partial charge in [0.15, 0.2) is 5.78 Å². The van der Waals surface area contributed by atoms with E-state index in [1.54, 1.807) is 14.1 Å². The molecule has 0 spiro atoms. The molecule has 0 aliphatic heterocycles. The maximum Gasteiger partial charge on any atom is 0.222 e. The molecule has 1 amide bonds. The summed E-state index contributed by atoms with van der Waals surface area (Å²) in [4.78, 5) is 24.8. The molecule has 98 valence electrons. The van der Waals surface area contributed by atoms with Crippen LogP contribution in [0.1, 0.15) is 48.5 Å². The first-order valence-electron chi connectivity index (χ1n) is 6.25. The van der Waals surface area contributed by atoms with Crippen molar-refractivity contribution in [3.05, 3.63) is 35.4 Å². The summed E-state index contributed by atoms with van der Waals surface area (Å²) >= 11 is 0. The molecule has 0 saturated carbocycles. The Bertz CT molecular complexity index is 419. The Labute approximate surface area is 109 Å². The predicted molar refractivity (Wildman–Crippen MR) is 72.8 cm³/mol. The average Bonchev–Trinajstić information content (AvgIpc) is 2.35. The fraction of sp³-hybridized carbons (Fsp3) is 0.467. The van der Waals surface area contributed by atoms with Crippen molar-refractivity contribution in [2.75, 3.05) is 14.1 Å². The van der Waals surface area contributed by atoms with Gasteiger partial charge in [0, 0.05) is 32.5 Å². The number of carbonyl (C=O) groups is 2. The zero-order valence-electron chi connectivity index (χ0n) is 11.6. The van der Waals surface area contributed by atoms with Crippen LogP contribution in [0.3, 0.4) is 0 Å². The first-order chi connectivity index (χ1) is 8.41. The SMILES string of the molecule is CC(C)c1ccc(C(=O)CCC(=O)N(C)C)cc1. The van der Waals surface area contributed by atoms with Crippen molar-refractivity contribution >= 4 is 11.7 Å². The predicted octanol–water partition coefficient (Wildman–Crippen LogP) is 2.86. The molecule has 0 unspecified atom stereocenters. The normalized spacial score (nSPS) is 10.5. The van der Waals surface area contributed by atoms with Crippen molar-refractivity contribution in [2.45, 2.75) is 32.6 Å². The summed E-state index contributed by atoms with van der Waals surface area (Å²) in [6.45, 7) is 4.24. The minimum absolute atomic E-state index is 0.0119. The molecule has 3 nitrogen and oxygen atoms in total. The zero-order valence-corrected chi connectivity index (χ0v) is 11.6. The fourth-order valence-electron chi connectivity index (χ4n) is 1.64. The summed E-state index contributed by atoms with van der Waals surface area (Å²) in [7, 11) is 3.40. The molecule has 0 aliphatic rings. The van der Waals surface area contributed by atoms with E-state index in [9.17, 15) is 9.59 Å². The summed E-state index contributed by atoms with van der Waals surface area (Å²) in [6.07, 6.45) is 0.551. The second kappa shape index (κ2) is 6.34. The standard InChI is InChI=1S/C15H21NO2/c1-11(2)12-5-7-13(8-6-12)14(17)9-10-15(18)16(3)4/h5-8,11H,9-10H2,1-4H3. The Balaban J connectivity index is 2.59. The van der Waals surface area contributed by atoms with Crippen LogP contribution in [0.15, 0.2) is 24.3 Å². The molecule has 0 aliphatic carbocycles. The van der Waals surface area contributed by atoms with E-state index in [0.717, 1.165) is 0 Å². The van der Waals surface area contributed by atoms with Gasteiger partial charge >= 0.3 is 0 Å². The highest BCUT2D eigenvalue weighted by Gasteiger charge is 2.10. The van der Waals surface area contributed by atoms with E-state index in [2.05, 4.69) is 13.8 Å². The average molecular weight is 247 g/mol. The maximum atomic E-state index is 11.9. The van der Waals surface area contributed by atoms with Crippen LogP contribution >= 0.6 is 0 Å². The van der Waals surface area contributed by atoms with Crippen molar-refractivity contribution in [2.24, 2.45) is 0 Å². The van der Waals surface area contributed by atoms with Crippen LogP contribution in [0.25, 0.3) is 0 Å². The lowest BCUT2D eigenvalue weighted by Crippen LogP contribution is -2.22. The van der Waals surface area contributed by atoms with E-state index in [4.69, 9.17) is 0 Å². The summed E-state index contributed by atoms with van der Waals surface area (Å²) < 4.78 is 0. The highest BCUT2D eigenvalue weighted by Crippen LogP contribution is 2.15. The molecule has 1 rings (SSSR count). The number of rotatable bonds is 5. The highest BCUT2D eigenvalue weighted by molar-refractivity contribution is 5.97. The zero-order chi connectivity index (χ0) is 13.7. The second-order valence-corrected chi connectivity index (χ2v) is 4.99. The van der Waals surface area contributed by atoms with Crippen molar-refractivity contribution in [1.82, 2.24) is 4.90 Å². The van der Waals surface area contributed by atoms with E-state index in [1.165, 1.54) is 10.5 Å². The van der Waals surface area contributed by atoms with Gasteiger partial charge in [-0.15, -0.1) is 0 Å². The number of ketones is 1. The molecule has 1 aromatic carbocycles. The lowest BCUT2D eigenvalue weighted by Gasteiger charge is -2.10. The van der Waals surface area contributed by atoms with Crippen molar-refractivity contribution in [3.8, 4) is 0 Å². The van der Waals surface area contributed by atoms with Gasteiger partial charge < -0.3 is 4.90 Å². The quantitative estimate of drug-likeness (QED) is 0.750. The third-order valence-corrected chi connectivity index (χ3v) is 2.96. The molecule has 3 heteroatoms. The monoisotopic (exact) mass is 247 g/mol. The Morgan fingerprint density at radius 2 is 1.61 bits per heavy atom. The van der Waals surface area contributed by atoms with Crippen LogP contribution < -0.4 is 0 Å². The van der Waals surface area contributed by atoms with Crippen LogP contribution in [-0.2, 0) is 4.79 Å². The first-order valence-corrected chi connectivity index (χ1v) is 6.25. The van der Waals surface area contributed by atoms with E-state index in [1.807, 2.05) is 24.3 Å². The molecule has 0 radical (unpaired) electrons. The summed E-state index contributed by atoms with van der Waals surface area (Å²) in [5.74, 6) is 0.479. The number of carbonyl (C=O) groups excluding carboxylic acids is 2. The minimum atomic E-state index is -0.0119. The Kier molecular flexibility index (Phi) is 5.08. The Morgan fingerprint density at radius 3 is 2.06 bits per heavy atom. The number of Topliss-reactive ketones (excluding diaryl/α,β-unsaturated/α-hetero) is 1.